The second-order valence-electron chi connectivity index (χ2n) is 8.44. The Bertz CT molecular complexity index is 1370. The van der Waals surface area contributed by atoms with Gasteiger partial charge >= 0.3 is 0 Å². The van der Waals surface area contributed by atoms with Crippen LogP contribution in [0.25, 0.3) is 5.70 Å². The number of aliphatic imine (C=N–C) groups is 1. The van der Waals surface area contributed by atoms with Crippen LogP contribution in [0, 0.1) is 0 Å². The van der Waals surface area contributed by atoms with E-state index in [9.17, 15) is 0 Å². The quantitative estimate of drug-likeness (QED) is 0.453. The predicted molar refractivity (Wildman–Crippen MR) is 138 cm³/mol. The number of furan rings is 1. The zero-order chi connectivity index (χ0) is 25.0. The van der Waals surface area contributed by atoms with Crippen molar-refractivity contribution < 1.29 is 23.5 Å². The summed E-state index contributed by atoms with van der Waals surface area (Å²) in [6.45, 7) is 1.61. The molecule has 9 heteroatoms. The van der Waals surface area contributed by atoms with Crippen molar-refractivity contribution in [2.45, 2.75) is 12.9 Å². The molecule has 0 aliphatic carbocycles. The standard InChI is InChI=1S/C28H26N4O5/c1-33-32-16-23-22(15-24(32)25-11-12-26(37-25)28-34-13-14-35-28)27(30-18-29-23)31-20-7-9-21(10-8-20)36-17-19-5-3-2-4-6-19/h2-12,15-16,18,28,31H,13-14,17H2,1H3,(H,29,30). The number of rotatable bonds is 8. The predicted octanol–water partition coefficient (Wildman–Crippen LogP) is 4.92. The van der Waals surface area contributed by atoms with Gasteiger partial charge in [0.05, 0.1) is 38.6 Å². The van der Waals surface area contributed by atoms with Crippen LogP contribution in [-0.4, -0.2) is 31.7 Å². The van der Waals surface area contributed by atoms with E-state index in [1.807, 2.05) is 79.0 Å². The molecule has 1 saturated heterocycles. The monoisotopic (exact) mass is 498 g/mol. The second-order valence-corrected chi connectivity index (χ2v) is 8.44. The van der Waals surface area contributed by atoms with Gasteiger partial charge in [0.25, 0.3) is 0 Å². The van der Waals surface area contributed by atoms with Gasteiger partial charge in [-0.25, -0.2) is 10.1 Å². The summed E-state index contributed by atoms with van der Waals surface area (Å²) in [4.78, 5) is 10.1. The summed E-state index contributed by atoms with van der Waals surface area (Å²) < 4.78 is 23.1. The molecule has 0 bridgehead atoms. The van der Waals surface area contributed by atoms with Crippen LogP contribution in [0.2, 0.25) is 0 Å². The lowest BCUT2D eigenvalue weighted by atomic mass is 10.1. The molecule has 0 radical (unpaired) electrons. The fraction of sp³-hybridized carbons (Fsp3) is 0.179. The fourth-order valence-electron chi connectivity index (χ4n) is 4.16. The molecular weight excluding hydrogens is 472 g/mol. The highest BCUT2D eigenvalue weighted by Gasteiger charge is 2.27. The van der Waals surface area contributed by atoms with Gasteiger partial charge in [-0.3, -0.25) is 4.84 Å². The molecule has 0 spiro atoms. The summed E-state index contributed by atoms with van der Waals surface area (Å²) in [6.07, 6.45) is 4.96. The minimum Gasteiger partial charge on any atom is -0.489 e. The lowest BCUT2D eigenvalue weighted by Gasteiger charge is -2.28. The summed E-state index contributed by atoms with van der Waals surface area (Å²) in [7, 11) is 1.60. The first kappa shape index (κ1) is 23.1. The lowest BCUT2D eigenvalue weighted by Crippen LogP contribution is -2.27. The van der Waals surface area contributed by atoms with Gasteiger partial charge < -0.3 is 29.3 Å². The topological polar surface area (TPSA) is 89.7 Å². The Morgan fingerprint density at radius 1 is 1.03 bits per heavy atom. The zero-order valence-corrected chi connectivity index (χ0v) is 20.2. The highest BCUT2D eigenvalue weighted by Crippen LogP contribution is 2.35. The number of hydrogen-bond donors (Lipinski definition) is 2. The average Bonchev–Trinajstić information content (AvgIpc) is 3.65. The molecule has 0 unspecified atom stereocenters. The molecule has 2 N–H and O–H groups in total. The number of anilines is 1. The number of hydrogen-bond acceptors (Lipinski definition) is 9. The Hall–Kier alpha value is -4.31. The minimum absolute atomic E-state index is 0.489. The smallest absolute Gasteiger partial charge is 0.217 e. The van der Waals surface area contributed by atoms with Gasteiger partial charge in [-0.15, -0.1) is 0 Å². The SMILES string of the molecule is CON1C=C2NC=NC(Nc3ccc(OCc4ccccc4)cc3)=C2C=C1c1ccc(C2OCCO2)o1. The van der Waals surface area contributed by atoms with Crippen LogP contribution in [0.3, 0.4) is 0 Å². The Labute approximate surface area is 214 Å². The third-order valence-electron chi connectivity index (χ3n) is 6.02. The first-order valence-corrected chi connectivity index (χ1v) is 11.9. The largest absolute Gasteiger partial charge is 0.489 e. The van der Waals surface area contributed by atoms with E-state index in [0.717, 1.165) is 28.3 Å². The van der Waals surface area contributed by atoms with Crippen molar-refractivity contribution in [1.82, 2.24) is 10.4 Å². The zero-order valence-electron chi connectivity index (χ0n) is 20.2. The van der Waals surface area contributed by atoms with Crippen LogP contribution in [0.5, 0.6) is 5.75 Å². The van der Waals surface area contributed by atoms with Crippen LogP contribution >= 0.6 is 0 Å². The van der Waals surface area contributed by atoms with Crippen molar-refractivity contribution in [3.63, 3.8) is 0 Å². The van der Waals surface area contributed by atoms with Crippen molar-refractivity contribution >= 4 is 17.7 Å². The minimum atomic E-state index is -0.489. The molecule has 37 heavy (non-hydrogen) atoms. The number of hydroxylamine groups is 2. The second kappa shape index (κ2) is 10.4. The first-order chi connectivity index (χ1) is 18.3. The molecule has 1 aromatic heterocycles. The third-order valence-corrected chi connectivity index (χ3v) is 6.02. The molecule has 0 atom stereocenters. The van der Waals surface area contributed by atoms with Gasteiger partial charge in [0.15, 0.2) is 11.5 Å². The highest BCUT2D eigenvalue weighted by molar-refractivity contribution is 5.76. The molecule has 3 aromatic rings. The molecule has 1 fully saturated rings. The molecule has 0 amide bonds. The van der Waals surface area contributed by atoms with Crippen molar-refractivity contribution in [2.24, 2.45) is 4.99 Å². The van der Waals surface area contributed by atoms with Crippen LogP contribution in [0.1, 0.15) is 23.4 Å². The third kappa shape index (κ3) is 5.01. The van der Waals surface area contributed by atoms with Crippen molar-refractivity contribution in [2.75, 3.05) is 25.6 Å². The highest BCUT2D eigenvalue weighted by atomic mass is 16.7. The van der Waals surface area contributed by atoms with E-state index in [2.05, 4.69) is 15.6 Å². The van der Waals surface area contributed by atoms with Crippen molar-refractivity contribution in [1.29, 1.82) is 0 Å². The molecule has 6 rings (SSSR count). The van der Waals surface area contributed by atoms with Gasteiger partial charge in [0, 0.05) is 11.3 Å². The van der Waals surface area contributed by atoms with Gasteiger partial charge in [-0.05, 0) is 48.0 Å². The Morgan fingerprint density at radius 3 is 2.62 bits per heavy atom. The molecule has 188 valence electrons. The lowest BCUT2D eigenvalue weighted by molar-refractivity contribution is -0.0601. The maximum absolute atomic E-state index is 6.06. The van der Waals surface area contributed by atoms with E-state index < -0.39 is 6.29 Å². The normalized spacial score (nSPS) is 17.3. The number of ether oxygens (including phenoxy) is 3. The molecule has 3 aliphatic heterocycles. The summed E-state index contributed by atoms with van der Waals surface area (Å²) in [5.74, 6) is 2.71. The van der Waals surface area contributed by atoms with Gasteiger partial charge in [-0.1, -0.05) is 30.3 Å². The Balaban J connectivity index is 1.22. The van der Waals surface area contributed by atoms with E-state index in [-0.39, 0.29) is 0 Å². The van der Waals surface area contributed by atoms with Crippen LogP contribution < -0.4 is 15.4 Å². The van der Waals surface area contributed by atoms with Gasteiger partial charge in [0.2, 0.25) is 6.29 Å². The fourth-order valence-corrected chi connectivity index (χ4v) is 4.16. The number of nitrogens with one attached hydrogen (secondary N) is 2. The van der Waals surface area contributed by atoms with Gasteiger partial charge in [-0.2, -0.15) is 0 Å². The number of fused-ring (bicyclic) bond motifs is 1. The Morgan fingerprint density at radius 2 is 1.84 bits per heavy atom. The summed E-state index contributed by atoms with van der Waals surface area (Å²) in [5.41, 5.74) is 4.42. The van der Waals surface area contributed by atoms with Crippen molar-refractivity contribution in [3.05, 3.63) is 113 Å². The molecule has 0 saturated carbocycles. The molecule has 3 aliphatic rings. The average molecular weight is 499 g/mol. The van der Waals surface area contributed by atoms with E-state index >= 15 is 0 Å². The summed E-state index contributed by atoms with van der Waals surface area (Å²) in [6, 6.07) is 21.6. The molecule has 2 aromatic carbocycles. The van der Waals surface area contributed by atoms with Crippen molar-refractivity contribution in [3.8, 4) is 5.75 Å². The van der Waals surface area contributed by atoms with Gasteiger partial charge in [0.1, 0.15) is 23.9 Å². The number of benzene rings is 2. The Kier molecular flexibility index (Phi) is 6.47. The maximum Gasteiger partial charge on any atom is 0.217 e. The van der Waals surface area contributed by atoms with Crippen LogP contribution in [0.4, 0.5) is 5.69 Å². The van der Waals surface area contributed by atoms with E-state index in [0.29, 0.717) is 42.9 Å². The van der Waals surface area contributed by atoms with Crippen LogP contribution in [-0.2, 0) is 20.9 Å². The van der Waals surface area contributed by atoms with E-state index in [4.69, 9.17) is 23.5 Å². The first-order valence-electron chi connectivity index (χ1n) is 11.9. The molecule has 9 nitrogen and oxygen atoms in total. The summed E-state index contributed by atoms with van der Waals surface area (Å²) >= 11 is 0. The van der Waals surface area contributed by atoms with E-state index in [1.165, 1.54) is 0 Å². The molecular formula is C28H26N4O5. The van der Waals surface area contributed by atoms with E-state index in [1.54, 1.807) is 18.5 Å². The molecule has 4 heterocycles. The summed E-state index contributed by atoms with van der Waals surface area (Å²) in [5, 5.41) is 8.23. The number of nitrogens with zero attached hydrogens (tertiary/aromatic N) is 2. The number of allylic oxidation sites excluding steroid dienone is 1. The van der Waals surface area contributed by atoms with Crippen LogP contribution in [0.15, 0.2) is 106 Å². The maximum atomic E-state index is 6.06.